The topological polar surface area (TPSA) is 59.9 Å². The molecule has 0 aromatic heterocycles. The van der Waals surface area contributed by atoms with E-state index in [4.69, 9.17) is 21.1 Å². The summed E-state index contributed by atoms with van der Waals surface area (Å²) in [6.45, 7) is 2.73. The molecule has 0 atom stereocenters. The van der Waals surface area contributed by atoms with Crippen molar-refractivity contribution < 1.29 is 14.3 Å². The van der Waals surface area contributed by atoms with E-state index in [9.17, 15) is 4.79 Å². The van der Waals surface area contributed by atoms with Crippen molar-refractivity contribution in [2.45, 2.75) is 19.8 Å². The van der Waals surface area contributed by atoms with Crippen molar-refractivity contribution >= 4 is 23.7 Å². The lowest BCUT2D eigenvalue weighted by molar-refractivity contribution is 0.0955. The first-order valence-corrected chi connectivity index (χ1v) is 8.41. The minimum absolute atomic E-state index is 0.327. The molecule has 0 unspecified atom stereocenters. The summed E-state index contributed by atoms with van der Waals surface area (Å²) in [7, 11) is 1.60. The fourth-order valence-electron chi connectivity index (χ4n) is 2.07. The van der Waals surface area contributed by atoms with Gasteiger partial charge in [0.05, 0.1) is 19.9 Å². The molecule has 2 aromatic carbocycles. The van der Waals surface area contributed by atoms with Gasteiger partial charge in [0.15, 0.2) is 11.5 Å². The van der Waals surface area contributed by atoms with Crippen LogP contribution in [0.25, 0.3) is 0 Å². The zero-order valence-corrected chi connectivity index (χ0v) is 15.0. The Labute approximate surface area is 152 Å². The molecule has 1 N–H and O–H groups in total. The number of benzene rings is 2. The number of ether oxygens (including phenoxy) is 2. The van der Waals surface area contributed by atoms with Crippen LogP contribution >= 0.6 is 11.6 Å². The summed E-state index contributed by atoms with van der Waals surface area (Å²) in [5.74, 6) is 0.990. The summed E-state index contributed by atoms with van der Waals surface area (Å²) in [5, 5.41) is 4.48. The number of hydrazone groups is 1. The molecule has 0 aliphatic heterocycles. The van der Waals surface area contributed by atoms with E-state index in [2.05, 4.69) is 17.5 Å². The Morgan fingerprint density at radius 1 is 1.24 bits per heavy atom. The summed E-state index contributed by atoms with van der Waals surface area (Å²) in [4.78, 5) is 12.0. The number of halogens is 1. The molecule has 0 aliphatic rings. The number of rotatable bonds is 8. The second kappa shape index (κ2) is 9.69. The molecule has 132 valence electrons. The molecule has 0 aliphatic carbocycles. The van der Waals surface area contributed by atoms with Crippen molar-refractivity contribution in [1.29, 1.82) is 0 Å². The predicted molar refractivity (Wildman–Crippen MR) is 99.9 cm³/mol. The summed E-state index contributed by atoms with van der Waals surface area (Å²) < 4.78 is 11.0. The average Bonchev–Trinajstić information content (AvgIpc) is 2.62. The van der Waals surface area contributed by atoms with Gasteiger partial charge in [-0.3, -0.25) is 4.79 Å². The average molecular weight is 361 g/mol. The van der Waals surface area contributed by atoms with Gasteiger partial charge in [-0.1, -0.05) is 31.0 Å². The monoisotopic (exact) mass is 360 g/mol. The molecule has 0 spiro atoms. The number of amides is 1. The second-order valence-electron chi connectivity index (χ2n) is 5.32. The minimum Gasteiger partial charge on any atom is -0.493 e. The fraction of sp³-hybridized carbons (Fsp3) is 0.263. The molecule has 25 heavy (non-hydrogen) atoms. The van der Waals surface area contributed by atoms with Crippen LogP contribution in [0.5, 0.6) is 11.5 Å². The fourth-order valence-corrected chi connectivity index (χ4v) is 2.26. The molecule has 0 saturated carbocycles. The van der Waals surface area contributed by atoms with E-state index in [0.717, 1.165) is 18.4 Å². The van der Waals surface area contributed by atoms with E-state index < -0.39 is 0 Å². The summed E-state index contributed by atoms with van der Waals surface area (Å²) in [5.41, 5.74) is 3.71. The van der Waals surface area contributed by atoms with Crippen LogP contribution in [0, 0.1) is 0 Å². The van der Waals surface area contributed by atoms with Crippen LogP contribution in [-0.4, -0.2) is 25.8 Å². The summed E-state index contributed by atoms with van der Waals surface area (Å²) >= 11 is 5.87. The van der Waals surface area contributed by atoms with Gasteiger partial charge in [-0.2, -0.15) is 5.10 Å². The molecule has 5 nitrogen and oxygen atoms in total. The highest BCUT2D eigenvalue weighted by molar-refractivity contribution is 6.30. The van der Waals surface area contributed by atoms with Crippen LogP contribution in [0.3, 0.4) is 0 Å². The lowest BCUT2D eigenvalue weighted by Crippen LogP contribution is -2.17. The number of carbonyl (C=O) groups is 1. The first kappa shape index (κ1) is 18.8. The van der Waals surface area contributed by atoms with Crippen LogP contribution in [0.1, 0.15) is 35.7 Å². The SMILES string of the molecule is CCCCOc1cc(/C=N\NC(=O)c2cccc(Cl)c2)ccc1OC. The van der Waals surface area contributed by atoms with E-state index >= 15 is 0 Å². The van der Waals surface area contributed by atoms with Crippen LogP contribution in [0.2, 0.25) is 5.02 Å². The van der Waals surface area contributed by atoms with Crippen LogP contribution in [0.4, 0.5) is 0 Å². The van der Waals surface area contributed by atoms with Crippen molar-refractivity contribution in [2.24, 2.45) is 5.10 Å². The van der Waals surface area contributed by atoms with E-state index in [-0.39, 0.29) is 5.91 Å². The lowest BCUT2D eigenvalue weighted by Gasteiger charge is -2.10. The van der Waals surface area contributed by atoms with Crippen molar-refractivity contribution in [1.82, 2.24) is 5.43 Å². The quantitative estimate of drug-likeness (QED) is 0.434. The molecule has 0 heterocycles. The highest BCUT2D eigenvalue weighted by Gasteiger charge is 2.06. The maximum absolute atomic E-state index is 12.0. The molecule has 1 amide bonds. The first-order valence-electron chi connectivity index (χ1n) is 8.04. The number of nitrogens with zero attached hydrogens (tertiary/aromatic N) is 1. The molecule has 0 fully saturated rings. The smallest absolute Gasteiger partial charge is 0.271 e. The predicted octanol–water partition coefficient (Wildman–Crippen LogP) is 4.29. The highest BCUT2D eigenvalue weighted by atomic mass is 35.5. The van der Waals surface area contributed by atoms with E-state index in [0.29, 0.717) is 28.7 Å². The number of carbonyl (C=O) groups excluding carboxylic acids is 1. The molecule has 6 heteroatoms. The van der Waals surface area contributed by atoms with E-state index in [1.165, 1.54) is 0 Å². The Balaban J connectivity index is 2.02. The second-order valence-corrected chi connectivity index (χ2v) is 5.76. The summed E-state index contributed by atoms with van der Waals surface area (Å²) in [6, 6.07) is 12.1. The minimum atomic E-state index is -0.327. The van der Waals surface area contributed by atoms with Gasteiger partial charge in [0, 0.05) is 10.6 Å². The molecule has 0 saturated heterocycles. The Morgan fingerprint density at radius 2 is 2.08 bits per heavy atom. The third-order valence-corrected chi connectivity index (χ3v) is 3.64. The van der Waals surface area contributed by atoms with E-state index in [1.807, 2.05) is 12.1 Å². The lowest BCUT2D eigenvalue weighted by atomic mass is 10.2. The van der Waals surface area contributed by atoms with Gasteiger partial charge in [0.25, 0.3) is 5.91 Å². The molecular formula is C19H21ClN2O3. The number of unbranched alkanes of at least 4 members (excludes halogenated alkanes) is 1. The molecule has 0 radical (unpaired) electrons. The highest BCUT2D eigenvalue weighted by Crippen LogP contribution is 2.27. The Morgan fingerprint density at radius 3 is 2.80 bits per heavy atom. The molecular weight excluding hydrogens is 340 g/mol. The van der Waals surface area contributed by atoms with Gasteiger partial charge >= 0.3 is 0 Å². The molecule has 2 rings (SSSR count). The number of hydrogen-bond donors (Lipinski definition) is 1. The van der Waals surface area contributed by atoms with Crippen LogP contribution in [-0.2, 0) is 0 Å². The van der Waals surface area contributed by atoms with Crippen LogP contribution < -0.4 is 14.9 Å². The summed E-state index contributed by atoms with van der Waals surface area (Å²) in [6.07, 6.45) is 3.57. The Hall–Kier alpha value is -2.53. The normalized spacial score (nSPS) is 10.7. The van der Waals surface area contributed by atoms with Gasteiger partial charge in [0.1, 0.15) is 0 Å². The standard InChI is InChI=1S/C19H21ClN2O3/c1-3-4-10-25-18-11-14(8-9-17(18)24-2)13-21-22-19(23)15-6-5-7-16(20)12-15/h5-9,11-13H,3-4,10H2,1-2H3,(H,22,23)/b21-13-. The largest absolute Gasteiger partial charge is 0.493 e. The maximum Gasteiger partial charge on any atom is 0.271 e. The van der Waals surface area contributed by atoms with Gasteiger partial charge < -0.3 is 9.47 Å². The maximum atomic E-state index is 12.0. The number of nitrogens with one attached hydrogen (secondary N) is 1. The number of hydrogen-bond acceptors (Lipinski definition) is 4. The molecule has 0 bridgehead atoms. The van der Waals surface area contributed by atoms with Crippen molar-refractivity contribution in [3.05, 3.63) is 58.6 Å². The Kier molecular flexibility index (Phi) is 7.29. The van der Waals surface area contributed by atoms with Gasteiger partial charge in [-0.15, -0.1) is 0 Å². The third kappa shape index (κ3) is 5.80. The first-order chi connectivity index (χ1) is 12.1. The zero-order valence-electron chi connectivity index (χ0n) is 14.3. The van der Waals surface area contributed by atoms with Crippen molar-refractivity contribution in [3.63, 3.8) is 0 Å². The van der Waals surface area contributed by atoms with Crippen LogP contribution in [0.15, 0.2) is 47.6 Å². The number of methoxy groups -OCH3 is 1. The van der Waals surface area contributed by atoms with Gasteiger partial charge in [-0.25, -0.2) is 5.43 Å². The Bertz CT molecular complexity index is 747. The van der Waals surface area contributed by atoms with E-state index in [1.54, 1.807) is 43.7 Å². The van der Waals surface area contributed by atoms with Gasteiger partial charge in [0.2, 0.25) is 0 Å². The third-order valence-electron chi connectivity index (χ3n) is 3.41. The van der Waals surface area contributed by atoms with Crippen molar-refractivity contribution in [3.8, 4) is 11.5 Å². The zero-order chi connectivity index (χ0) is 18.1. The van der Waals surface area contributed by atoms with Crippen molar-refractivity contribution in [2.75, 3.05) is 13.7 Å². The van der Waals surface area contributed by atoms with Gasteiger partial charge in [-0.05, 0) is 48.4 Å². The molecule has 2 aromatic rings.